The molecule has 0 bridgehead atoms. The van der Waals surface area contributed by atoms with E-state index in [2.05, 4.69) is 10.6 Å². The molecule has 0 rings (SSSR count). The first-order chi connectivity index (χ1) is 6.41. The van der Waals surface area contributed by atoms with Crippen LogP contribution in [0.1, 0.15) is 27.2 Å². The smallest absolute Gasteiger partial charge is 0.239 e. The highest BCUT2D eigenvalue weighted by molar-refractivity contribution is 5.86. The summed E-state index contributed by atoms with van der Waals surface area (Å²) in [5.74, 6) is -0.520. The standard InChI is InChI=1S/C9H19N3O2.ClH/c1-4-9(2,3)12-8(14)6-11-7(13)5-10;/h4-6,10H2,1-3H3,(H,11,13)(H,12,14);1H. The minimum absolute atomic E-state index is 0. The van der Waals surface area contributed by atoms with Crippen LogP contribution in [0.15, 0.2) is 0 Å². The molecule has 0 heterocycles. The van der Waals surface area contributed by atoms with Gasteiger partial charge in [0.15, 0.2) is 0 Å². The molecule has 0 radical (unpaired) electrons. The zero-order valence-electron chi connectivity index (χ0n) is 9.42. The second-order valence-corrected chi connectivity index (χ2v) is 3.77. The van der Waals surface area contributed by atoms with Crippen LogP contribution in [-0.4, -0.2) is 30.4 Å². The third-order valence-electron chi connectivity index (χ3n) is 1.99. The van der Waals surface area contributed by atoms with Crippen LogP contribution in [0.2, 0.25) is 0 Å². The molecule has 0 aliphatic heterocycles. The van der Waals surface area contributed by atoms with Crippen LogP contribution in [-0.2, 0) is 9.59 Å². The first-order valence-electron chi connectivity index (χ1n) is 4.69. The Labute approximate surface area is 96.6 Å². The van der Waals surface area contributed by atoms with Crippen molar-refractivity contribution in [1.29, 1.82) is 0 Å². The average Bonchev–Trinajstić information content (AvgIpc) is 2.13. The second-order valence-electron chi connectivity index (χ2n) is 3.77. The van der Waals surface area contributed by atoms with E-state index >= 15 is 0 Å². The molecule has 0 fully saturated rings. The summed E-state index contributed by atoms with van der Waals surface area (Å²) >= 11 is 0. The van der Waals surface area contributed by atoms with E-state index in [0.29, 0.717) is 0 Å². The fourth-order valence-corrected chi connectivity index (χ4v) is 0.761. The van der Waals surface area contributed by atoms with E-state index in [1.165, 1.54) is 0 Å². The fraction of sp³-hybridized carbons (Fsp3) is 0.778. The van der Waals surface area contributed by atoms with Crippen LogP contribution in [0.25, 0.3) is 0 Å². The van der Waals surface area contributed by atoms with Crippen molar-refractivity contribution in [2.45, 2.75) is 32.7 Å². The van der Waals surface area contributed by atoms with Crippen molar-refractivity contribution in [1.82, 2.24) is 10.6 Å². The molecule has 0 aliphatic carbocycles. The number of halogens is 1. The number of carbonyl (C=O) groups excluding carboxylic acids is 2. The highest BCUT2D eigenvalue weighted by atomic mass is 35.5. The molecular formula is C9H20ClN3O2. The van der Waals surface area contributed by atoms with Gasteiger partial charge >= 0.3 is 0 Å². The fourth-order valence-electron chi connectivity index (χ4n) is 0.761. The molecule has 2 amide bonds. The molecule has 15 heavy (non-hydrogen) atoms. The maximum absolute atomic E-state index is 11.3. The lowest BCUT2D eigenvalue weighted by atomic mass is 10.0. The summed E-state index contributed by atoms with van der Waals surface area (Å²) in [6, 6.07) is 0. The molecule has 0 saturated heterocycles. The first kappa shape index (κ1) is 16.6. The van der Waals surface area contributed by atoms with Gasteiger partial charge in [0.05, 0.1) is 13.1 Å². The second kappa shape index (κ2) is 7.48. The minimum atomic E-state index is -0.325. The van der Waals surface area contributed by atoms with Crippen molar-refractivity contribution in [3.05, 3.63) is 0 Å². The van der Waals surface area contributed by atoms with Crippen LogP contribution in [0, 0.1) is 0 Å². The van der Waals surface area contributed by atoms with Gasteiger partial charge in [-0.05, 0) is 20.3 Å². The van der Waals surface area contributed by atoms with Crippen LogP contribution >= 0.6 is 12.4 Å². The van der Waals surface area contributed by atoms with Gasteiger partial charge in [-0.2, -0.15) is 0 Å². The molecule has 0 unspecified atom stereocenters. The normalized spacial score (nSPS) is 10.1. The van der Waals surface area contributed by atoms with E-state index in [4.69, 9.17) is 5.73 Å². The zero-order valence-corrected chi connectivity index (χ0v) is 10.2. The Hall–Kier alpha value is -0.810. The van der Waals surface area contributed by atoms with Gasteiger partial charge in [-0.25, -0.2) is 0 Å². The Morgan fingerprint density at radius 3 is 2.20 bits per heavy atom. The summed E-state index contributed by atoms with van der Waals surface area (Å²) in [6.45, 7) is 5.73. The van der Waals surface area contributed by atoms with E-state index in [9.17, 15) is 9.59 Å². The number of carbonyl (C=O) groups is 2. The predicted molar refractivity (Wildman–Crippen MR) is 61.8 cm³/mol. The number of rotatable bonds is 5. The van der Waals surface area contributed by atoms with Crippen LogP contribution in [0.5, 0.6) is 0 Å². The van der Waals surface area contributed by atoms with E-state index < -0.39 is 0 Å². The lowest BCUT2D eigenvalue weighted by Crippen LogP contribution is -2.47. The van der Waals surface area contributed by atoms with Crippen molar-refractivity contribution >= 4 is 24.2 Å². The summed E-state index contributed by atoms with van der Waals surface area (Å²) in [6.07, 6.45) is 0.837. The molecule has 0 atom stereocenters. The number of hydrogen-bond acceptors (Lipinski definition) is 3. The SMILES string of the molecule is CCC(C)(C)NC(=O)CNC(=O)CN.Cl. The zero-order chi connectivity index (χ0) is 11.2. The summed E-state index contributed by atoms with van der Waals surface area (Å²) in [5.41, 5.74) is 4.84. The Kier molecular flexibility index (Phi) is 8.28. The van der Waals surface area contributed by atoms with E-state index in [1.54, 1.807) is 0 Å². The van der Waals surface area contributed by atoms with Crippen LogP contribution < -0.4 is 16.4 Å². The summed E-state index contributed by atoms with van der Waals surface area (Å²) in [4.78, 5) is 22.0. The lowest BCUT2D eigenvalue weighted by molar-refractivity contribution is -0.126. The summed E-state index contributed by atoms with van der Waals surface area (Å²) < 4.78 is 0. The Morgan fingerprint density at radius 2 is 1.80 bits per heavy atom. The van der Waals surface area contributed by atoms with Crippen molar-refractivity contribution in [2.24, 2.45) is 5.73 Å². The minimum Gasteiger partial charge on any atom is -0.350 e. The summed E-state index contributed by atoms with van der Waals surface area (Å²) in [7, 11) is 0. The molecule has 0 aliphatic rings. The Balaban J connectivity index is 0. The largest absolute Gasteiger partial charge is 0.350 e. The Bertz CT molecular complexity index is 219. The topological polar surface area (TPSA) is 84.2 Å². The molecule has 5 nitrogen and oxygen atoms in total. The van der Waals surface area contributed by atoms with E-state index in [1.807, 2.05) is 20.8 Å². The summed E-state index contributed by atoms with van der Waals surface area (Å²) in [5, 5.41) is 5.19. The van der Waals surface area contributed by atoms with Crippen molar-refractivity contribution in [3.63, 3.8) is 0 Å². The van der Waals surface area contributed by atoms with Gasteiger partial charge in [0.1, 0.15) is 0 Å². The Morgan fingerprint density at radius 1 is 1.27 bits per heavy atom. The van der Waals surface area contributed by atoms with Gasteiger partial charge < -0.3 is 16.4 Å². The molecule has 0 aromatic rings. The molecule has 90 valence electrons. The third kappa shape index (κ3) is 8.20. The van der Waals surface area contributed by atoms with Gasteiger partial charge in [0.2, 0.25) is 11.8 Å². The highest BCUT2D eigenvalue weighted by Gasteiger charge is 2.17. The van der Waals surface area contributed by atoms with Crippen LogP contribution in [0.4, 0.5) is 0 Å². The predicted octanol–water partition coefficient (Wildman–Crippen LogP) is -0.212. The van der Waals surface area contributed by atoms with E-state index in [-0.39, 0.29) is 42.8 Å². The van der Waals surface area contributed by atoms with Crippen LogP contribution in [0.3, 0.4) is 0 Å². The molecule has 4 N–H and O–H groups in total. The van der Waals surface area contributed by atoms with Gasteiger partial charge in [-0.1, -0.05) is 6.92 Å². The van der Waals surface area contributed by atoms with Crippen molar-refractivity contribution in [2.75, 3.05) is 13.1 Å². The van der Waals surface area contributed by atoms with Gasteiger partial charge in [-0.3, -0.25) is 9.59 Å². The van der Waals surface area contributed by atoms with Gasteiger partial charge in [0.25, 0.3) is 0 Å². The van der Waals surface area contributed by atoms with Crippen molar-refractivity contribution in [3.8, 4) is 0 Å². The maximum Gasteiger partial charge on any atom is 0.239 e. The number of hydrogen-bond donors (Lipinski definition) is 3. The molecule has 0 saturated carbocycles. The molecule has 0 aromatic carbocycles. The molecule has 6 heteroatoms. The third-order valence-corrected chi connectivity index (χ3v) is 1.99. The number of nitrogens with two attached hydrogens (primary N) is 1. The quantitative estimate of drug-likeness (QED) is 0.619. The van der Waals surface area contributed by atoms with Gasteiger partial charge in [-0.15, -0.1) is 12.4 Å². The molecule has 0 spiro atoms. The number of amides is 2. The van der Waals surface area contributed by atoms with E-state index in [0.717, 1.165) is 6.42 Å². The maximum atomic E-state index is 11.3. The van der Waals surface area contributed by atoms with Crippen molar-refractivity contribution < 1.29 is 9.59 Å². The first-order valence-corrected chi connectivity index (χ1v) is 4.69. The highest BCUT2D eigenvalue weighted by Crippen LogP contribution is 2.05. The van der Waals surface area contributed by atoms with Gasteiger partial charge in [0, 0.05) is 5.54 Å². The molecular weight excluding hydrogens is 218 g/mol. The monoisotopic (exact) mass is 237 g/mol. The lowest BCUT2D eigenvalue weighted by Gasteiger charge is -2.24. The molecule has 0 aromatic heterocycles. The number of nitrogens with one attached hydrogen (secondary N) is 2. The average molecular weight is 238 g/mol.